The predicted molar refractivity (Wildman–Crippen MR) is 135 cm³/mol. The molecule has 1 aliphatic heterocycles. The SMILES string of the molecule is Cc1cccc(-c2sc(C)nc2C(=O)N2CCSC2CNC(=O)c2cccc3oc(C)nc23)c1. The van der Waals surface area contributed by atoms with E-state index in [2.05, 4.69) is 21.4 Å². The lowest BCUT2D eigenvalue weighted by Gasteiger charge is -2.24. The predicted octanol–water partition coefficient (Wildman–Crippen LogP) is 4.82. The summed E-state index contributed by atoms with van der Waals surface area (Å²) in [5.74, 6) is 0.997. The van der Waals surface area contributed by atoms with Crippen LogP contribution in [0.4, 0.5) is 0 Å². The molecule has 1 atom stereocenters. The van der Waals surface area contributed by atoms with Crippen LogP contribution in [0.15, 0.2) is 46.9 Å². The summed E-state index contributed by atoms with van der Waals surface area (Å²) < 4.78 is 5.54. The smallest absolute Gasteiger partial charge is 0.274 e. The Kier molecular flexibility index (Phi) is 6.14. The average molecular weight is 493 g/mol. The summed E-state index contributed by atoms with van der Waals surface area (Å²) in [4.78, 5) is 38.1. The number of hydrogen-bond acceptors (Lipinski definition) is 7. The molecule has 2 aromatic heterocycles. The monoisotopic (exact) mass is 492 g/mol. The standard InChI is InChI=1S/C25H24N4O3S2/c1-14-6-4-7-17(12-14)23-22(28-16(3)34-23)25(31)29-10-11-33-20(29)13-26-24(30)18-8-5-9-19-21(18)27-15(2)32-19/h4-9,12,20H,10-11,13H2,1-3H3,(H,26,30). The summed E-state index contributed by atoms with van der Waals surface area (Å²) in [7, 11) is 0. The largest absolute Gasteiger partial charge is 0.441 e. The van der Waals surface area contributed by atoms with Crippen molar-refractivity contribution in [3.05, 3.63) is 70.2 Å². The molecule has 7 nitrogen and oxygen atoms in total. The Morgan fingerprint density at radius 1 is 1.15 bits per heavy atom. The number of fused-ring (bicyclic) bond motifs is 1. The van der Waals surface area contributed by atoms with Crippen molar-refractivity contribution < 1.29 is 14.0 Å². The van der Waals surface area contributed by atoms with Gasteiger partial charge in [0, 0.05) is 25.8 Å². The number of thioether (sulfide) groups is 1. The summed E-state index contributed by atoms with van der Waals surface area (Å²) in [5.41, 5.74) is 4.21. The van der Waals surface area contributed by atoms with E-state index in [-0.39, 0.29) is 17.2 Å². The molecular weight excluding hydrogens is 468 g/mol. The fraction of sp³-hybridized carbons (Fsp3) is 0.280. The van der Waals surface area contributed by atoms with Gasteiger partial charge in [0.05, 0.1) is 20.8 Å². The highest BCUT2D eigenvalue weighted by Gasteiger charge is 2.33. The van der Waals surface area contributed by atoms with Crippen LogP contribution >= 0.6 is 23.1 Å². The number of nitrogens with one attached hydrogen (secondary N) is 1. The lowest BCUT2D eigenvalue weighted by molar-refractivity contribution is 0.0747. The zero-order valence-corrected chi connectivity index (χ0v) is 20.8. The van der Waals surface area contributed by atoms with Crippen LogP contribution in [-0.4, -0.2) is 50.9 Å². The third-order valence-corrected chi connectivity index (χ3v) is 7.92. The Morgan fingerprint density at radius 3 is 2.79 bits per heavy atom. The van der Waals surface area contributed by atoms with E-state index in [0.717, 1.165) is 26.8 Å². The van der Waals surface area contributed by atoms with Gasteiger partial charge in [-0.2, -0.15) is 0 Å². The van der Waals surface area contributed by atoms with Crippen LogP contribution in [0.3, 0.4) is 0 Å². The van der Waals surface area contributed by atoms with Crippen LogP contribution in [0, 0.1) is 20.8 Å². The van der Waals surface area contributed by atoms with Crippen LogP contribution in [0.5, 0.6) is 0 Å². The second kappa shape index (κ2) is 9.23. The number of aromatic nitrogens is 2. The van der Waals surface area contributed by atoms with Crippen LogP contribution in [0.1, 0.15) is 37.3 Å². The van der Waals surface area contributed by atoms with E-state index in [1.807, 2.05) is 36.9 Å². The van der Waals surface area contributed by atoms with E-state index in [1.165, 1.54) is 11.3 Å². The normalized spacial score (nSPS) is 15.7. The maximum Gasteiger partial charge on any atom is 0.274 e. The fourth-order valence-electron chi connectivity index (χ4n) is 4.13. The Hall–Kier alpha value is -3.17. The first-order valence-corrected chi connectivity index (χ1v) is 12.9. The number of amides is 2. The van der Waals surface area contributed by atoms with Crippen molar-refractivity contribution in [2.45, 2.75) is 26.1 Å². The molecule has 4 aromatic rings. The van der Waals surface area contributed by atoms with Gasteiger partial charge in [-0.15, -0.1) is 23.1 Å². The second-order valence-corrected chi connectivity index (χ2v) is 10.7. The van der Waals surface area contributed by atoms with Gasteiger partial charge in [0.25, 0.3) is 11.8 Å². The van der Waals surface area contributed by atoms with Crippen molar-refractivity contribution in [3.63, 3.8) is 0 Å². The van der Waals surface area contributed by atoms with Crippen molar-refractivity contribution in [2.75, 3.05) is 18.8 Å². The van der Waals surface area contributed by atoms with Crippen LogP contribution in [0.25, 0.3) is 21.5 Å². The highest BCUT2D eigenvalue weighted by Crippen LogP contribution is 2.34. The summed E-state index contributed by atoms with van der Waals surface area (Å²) in [6.45, 7) is 6.67. The number of nitrogens with zero attached hydrogens (tertiary/aromatic N) is 3. The van der Waals surface area contributed by atoms with E-state index < -0.39 is 0 Å². The minimum Gasteiger partial charge on any atom is -0.441 e. The van der Waals surface area contributed by atoms with Crippen LogP contribution in [0.2, 0.25) is 0 Å². The molecule has 3 heterocycles. The molecule has 0 aliphatic carbocycles. The Labute approximate surface area is 205 Å². The summed E-state index contributed by atoms with van der Waals surface area (Å²) in [6.07, 6.45) is 0. The molecule has 5 rings (SSSR count). The third-order valence-electron chi connectivity index (χ3n) is 5.68. The van der Waals surface area contributed by atoms with Crippen molar-refractivity contribution in [3.8, 4) is 10.4 Å². The molecule has 0 bridgehead atoms. The maximum absolute atomic E-state index is 13.6. The zero-order chi connectivity index (χ0) is 23.8. The molecule has 1 fully saturated rings. The van der Waals surface area contributed by atoms with Gasteiger partial charge in [-0.3, -0.25) is 9.59 Å². The number of benzene rings is 2. The second-order valence-electron chi connectivity index (χ2n) is 8.20. The molecule has 1 saturated heterocycles. The van der Waals surface area contributed by atoms with Crippen LogP contribution < -0.4 is 5.32 Å². The zero-order valence-electron chi connectivity index (χ0n) is 19.1. The average Bonchev–Trinajstić information content (AvgIpc) is 3.53. The van der Waals surface area contributed by atoms with Gasteiger partial charge in [-0.25, -0.2) is 9.97 Å². The molecule has 174 valence electrons. The molecule has 34 heavy (non-hydrogen) atoms. The molecule has 0 saturated carbocycles. The molecule has 1 N–H and O–H groups in total. The van der Waals surface area contributed by atoms with Gasteiger partial charge < -0.3 is 14.6 Å². The lowest BCUT2D eigenvalue weighted by Crippen LogP contribution is -2.42. The van der Waals surface area contributed by atoms with Gasteiger partial charge in [-0.1, -0.05) is 35.9 Å². The Bertz CT molecular complexity index is 1390. The van der Waals surface area contributed by atoms with Crippen molar-refractivity contribution >= 4 is 46.0 Å². The molecule has 0 radical (unpaired) electrons. The number of aryl methyl sites for hydroxylation is 3. The van der Waals surface area contributed by atoms with Crippen molar-refractivity contribution in [1.82, 2.24) is 20.2 Å². The molecule has 1 aliphatic rings. The van der Waals surface area contributed by atoms with E-state index in [9.17, 15) is 9.59 Å². The number of carbonyl (C=O) groups excluding carboxylic acids is 2. The highest BCUT2D eigenvalue weighted by molar-refractivity contribution is 8.00. The lowest BCUT2D eigenvalue weighted by atomic mass is 10.1. The molecular formula is C25H24N4O3S2. The summed E-state index contributed by atoms with van der Waals surface area (Å²) >= 11 is 3.19. The quantitative estimate of drug-likeness (QED) is 0.430. The summed E-state index contributed by atoms with van der Waals surface area (Å²) in [6, 6.07) is 13.4. The first-order valence-electron chi connectivity index (χ1n) is 11.0. The van der Waals surface area contributed by atoms with E-state index in [1.54, 1.807) is 36.9 Å². The van der Waals surface area contributed by atoms with Gasteiger partial charge in [0.2, 0.25) is 0 Å². The van der Waals surface area contributed by atoms with Crippen LogP contribution in [-0.2, 0) is 0 Å². The number of thiazole rings is 1. The fourth-order valence-corrected chi connectivity index (χ4v) is 6.19. The van der Waals surface area contributed by atoms with Crippen molar-refractivity contribution in [1.29, 1.82) is 0 Å². The molecule has 2 aromatic carbocycles. The topological polar surface area (TPSA) is 88.3 Å². The van der Waals surface area contributed by atoms with E-state index in [4.69, 9.17) is 4.42 Å². The Balaban J connectivity index is 1.34. The van der Waals surface area contributed by atoms with Gasteiger partial charge in [0.1, 0.15) is 11.2 Å². The molecule has 1 unspecified atom stereocenters. The molecule has 2 amide bonds. The third kappa shape index (κ3) is 4.33. The van der Waals surface area contributed by atoms with Gasteiger partial charge in [-0.05, 0) is 31.5 Å². The van der Waals surface area contributed by atoms with E-state index in [0.29, 0.717) is 41.3 Å². The van der Waals surface area contributed by atoms with Gasteiger partial charge in [0.15, 0.2) is 11.5 Å². The van der Waals surface area contributed by atoms with Crippen molar-refractivity contribution in [2.24, 2.45) is 0 Å². The first kappa shape index (κ1) is 22.6. The molecule has 9 heteroatoms. The highest BCUT2D eigenvalue weighted by atomic mass is 32.2. The summed E-state index contributed by atoms with van der Waals surface area (Å²) in [5, 5.41) is 3.67. The first-order chi connectivity index (χ1) is 16.4. The molecule has 0 spiro atoms. The minimum absolute atomic E-state index is 0.0978. The number of para-hydroxylation sites is 1. The number of rotatable bonds is 5. The number of oxazole rings is 1. The minimum atomic E-state index is -0.233. The van der Waals surface area contributed by atoms with Gasteiger partial charge >= 0.3 is 0 Å². The number of hydrogen-bond donors (Lipinski definition) is 1. The number of carbonyl (C=O) groups is 2. The maximum atomic E-state index is 13.6. The Morgan fingerprint density at radius 2 is 1.97 bits per heavy atom. The van der Waals surface area contributed by atoms with E-state index >= 15 is 0 Å².